The van der Waals surface area contributed by atoms with Gasteiger partial charge in [0.2, 0.25) is 0 Å². The van der Waals surface area contributed by atoms with Gasteiger partial charge in [-0.25, -0.2) is 9.13 Å². The monoisotopic (exact) mass is 1480 g/mol. The van der Waals surface area contributed by atoms with Crippen LogP contribution in [0.3, 0.4) is 0 Å². The van der Waals surface area contributed by atoms with Crippen LogP contribution in [-0.4, -0.2) is 96.7 Å². The quantitative estimate of drug-likeness (QED) is 0.0222. The van der Waals surface area contributed by atoms with E-state index in [4.69, 9.17) is 37.0 Å². The summed E-state index contributed by atoms with van der Waals surface area (Å²) in [4.78, 5) is 72.9. The van der Waals surface area contributed by atoms with E-state index >= 15 is 0 Å². The lowest BCUT2D eigenvalue weighted by molar-refractivity contribution is -0.161. The van der Waals surface area contributed by atoms with E-state index in [1.165, 1.54) is 225 Å². The molecule has 5 atom stereocenters. The molecule has 0 heterocycles. The summed E-state index contributed by atoms with van der Waals surface area (Å²) in [6.07, 6.45) is 61.2. The Balaban J connectivity index is 5.18. The molecule has 0 saturated carbocycles. The van der Waals surface area contributed by atoms with Crippen LogP contribution in [0.5, 0.6) is 0 Å². The van der Waals surface area contributed by atoms with Crippen molar-refractivity contribution in [2.24, 2.45) is 17.8 Å². The molecule has 0 fully saturated rings. The van der Waals surface area contributed by atoms with Crippen LogP contribution >= 0.6 is 15.6 Å². The summed E-state index contributed by atoms with van der Waals surface area (Å²) in [6.45, 7) is 12.0. The molecule has 0 aliphatic carbocycles. The van der Waals surface area contributed by atoms with Gasteiger partial charge in [-0.3, -0.25) is 37.3 Å². The van der Waals surface area contributed by atoms with E-state index in [1.54, 1.807) is 0 Å². The normalized spacial score (nSPS) is 14.0. The SMILES string of the molecule is CCCCCCCCCC(=O)OC[C@H](COP(=O)(O)OC[C@H](O)COP(=O)(O)OC[C@@H](COC(=O)CCCCCCCCCCCCCCCCCCC(C)C)OC(=O)CCCCCCCCCCCCCCCCCCC(C)C)OC(=O)CCCCCCCCCCCCCCCC(C)C. The number of phosphoric acid groups is 2. The molecular formula is C82H160O17P2. The number of carbonyl (C=O) groups is 4. The van der Waals surface area contributed by atoms with Crippen molar-refractivity contribution < 1.29 is 80.2 Å². The Morgan fingerprint density at radius 3 is 0.673 bits per heavy atom. The molecule has 0 aliphatic heterocycles. The summed E-state index contributed by atoms with van der Waals surface area (Å²) in [6, 6.07) is 0. The van der Waals surface area contributed by atoms with E-state index in [1.807, 2.05) is 0 Å². The molecule has 0 spiro atoms. The second-order valence-corrected chi connectivity index (χ2v) is 33.8. The predicted molar refractivity (Wildman–Crippen MR) is 414 cm³/mol. The van der Waals surface area contributed by atoms with Crippen LogP contribution in [0.15, 0.2) is 0 Å². The number of phosphoric ester groups is 2. The Hall–Kier alpha value is -1.94. The summed E-state index contributed by atoms with van der Waals surface area (Å²) < 4.78 is 68.6. The van der Waals surface area contributed by atoms with E-state index < -0.39 is 97.5 Å². The zero-order chi connectivity index (χ0) is 74.4. The molecule has 0 aliphatic rings. The minimum Gasteiger partial charge on any atom is -0.462 e. The highest BCUT2D eigenvalue weighted by Gasteiger charge is 2.30. The van der Waals surface area contributed by atoms with Crippen LogP contribution < -0.4 is 0 Å². The molecule has 0 aromatic carbocycles. The number of aliphatic hydroxyl groups excluding tert-OH is 1. The van der Waals surface area contributed by atoms with Crippen LogP contribution in [0.4, 0.5) is 0 Å². The van der Waals surface area contributed by atoms with Gasteiger partial charge >= 0.3 is 39.5 Å². The third-order valence-electron chi connectivity index (χ3n) is 19.1. The summed E-state index contributed by atoms with van der Waals surface area (Å²) in [5.41, 5.74) is 0. The number of carbonyl (C=O) groups excluding carboxylic acids is 4. The molecule has 0 saturated heterocycles. The van der Waals surface area contributed by atoms with Crippen molar-refractivity contribution in [1.29, 1.82) is 0 Å². The fourth-order valence-corrected chi connectivity index (χ4v) is 14.2. The maximum absolute atomic E-state index is 13.1. The summed E-state index contributed by atoms with van der Waals surface area (Å²) in [5.74, 6) is 0.295. The van der Waals surface area contributed by atoms with Gasteiger partial charge < -0.3 is 33.8 Å². The molecule has 0 bridgehead atoms. The maximum Gasteiger partial charge on any atom is 0.472 e. The molecule has 19 heteroatoms. The Bertz CT molecular complexity index is 1960. The first-order chi connectivity index (χ1) is 48.7. The first-order valence-electron chi connectivity index (χ1n) is 42.3. The van der Waals surface area contributed by atoms with Crippen molar-refractivity contribution in [2.75, 3.05) is 39.6 Å². The number of rotatable bonds is 80. The molecule has 2 unspecified atom stereocenters. The molecule has 0 aromatic heterocycles. The second kappa shape index (κ2) is 72.3. The Morgan fingerprint density at radius 1 is 0.267 bits per heavy atom. The molecular weight excluding hydrogens is 1320 g/mol. The maximum atomic E-state index is 13.1. The van der Waals surface area contributed by atoms with Gasteiger partial charge in [0.25, 0.3) is 0 Å². The van der Waals surface area contributed by atoms with Crippen molar-refractivity contribution in [3.05, 3.63) is 0 Å². The number of unbranched alkanes of at least 4 members (excludes halogenated alkanes) is 48. The standard InChI is InChI=1S/C82H160O17P2/c1-8-9-10-11-39-49-56-63-79(84)92-69-77(98-81(86)66-59-52-45-38-32-26-20-23-29-35-42-48-55-62-75(6)7)71-96-100(88,89)94-67-76(83)68-95-101(90,91)97-72-78(99-82(87)65-58-51-44-37-31-25-19-15-13-17-22-28-34-41-47-54-61-74(4)5)70-93-80(85)64-57-50-43-36-30-24-18-14-12-16-21-27-33-40-46-53-60-73(2)3/h73-78,83H,8-72H2,1-7H3,(H,88,89)(H,90,91)/t76-,77+,78+/m0/s1. The molecule has 17 nitrogen and oxygen atoms in total. The first-order valence-corrected chi connectivity index (χ1v) is 45.3. The number of aliphatic hydroxyl groups is 1. The largest absolute Gasteiger partial charge is 0.472 e. The highest BCUT2D eigenvalue weighted by molar-refractivity contribution is 7.47. The number of hydrogen-bond donors (Lipinski definition) is 3. The molecule has 0 radical (unpaired) electrons. The van der Waals surface area contributed by atoms with Gasteiger partial charge in [-0.1, -0.05) is 376 Å². The van der Waals surface area contributed by atoms with E-state index in [9.17, 15) is 43.2 Å². The van der Waals surface area contributed by atoms with E-state index in [0.29, 0.717) is 25.7 Å². The second-order valence-electron chi connectivity index (χ2n) is 30.9. The van der Waals surface area contributed by atoms with Crippen LogP contribution in [0.25, 0.3) is 0 Å². The van der Waals surface area contributed by atoms with Gasteiger partial charge in [0.15, 0.2) is 12.2 Å². The molecule has 0 rings (SSSR count). The van der Waals surface area contributed by atoms with Gasteiger partial charge in [0.05, 0.1) is 26.4 Å². The van der Waals surface area contributed by atoms with Crippen molar-refractivity contribution in [1.82, 2.24) is 0 Å². The van der Waals surface area contributed by atoms with Gasteiger partial charge in [0, 0.05) is 25.7 Å². The van der Waals surface area contributed by atoms with Crippen LogP contribution in [0, 0.1) is 17.8 Å². The third-order valence-corrected chi connectivity index (χ3v) is 21.0. The average Bonchev–Trinajstić information content (AvgIpc) is 0.938. The number of hydrogen-bond acceptors (Lipinski definition) is 15. The van der Waals surface area contributed by atoms with Gasteiger partial charge in [0.1, 0.15) is 19.3 Å². The Kier molecular flexibility index (Phi) is 70.9. The lowest BCUT2D eigenvalue weighted by Gasteiger charge is -2.21. The van der Waals surface area contributed by atoms with Crippen LogP contribution in [-0.2, 0) is 65.4 Å². The minimum atomic E-state index is -4.96. The van der Waals surface area contributed by atoms with Gasteiger partial charge in [-0.05, 0) is 43.4 Å². The van der Waals surface area contributed by atoms with Gasteiger partial charge in [-0.15, -0.1) is 0 Å². The molecule has 101 heavy (non-hydrogen) atoms. The van der Waals surface area contributed by atoms with E-state index in [0.717, 1.165) is 120 Å². The third kappa shape index (κ3) is 76.1. The minimum absolute atomic E-state index is 0.107. The highest BCUT2D eigenvalue weighted by Crippen LogP contribution is 2.45. The fraction of sp³-hybridized carbons (Fsp3) is 0.951. The highest BCUT2D eigenvalue weighted by atomic mass is 31.2. The van der Waals surface area contributed by atoms with Crippen molar-refractivity contribution in [2.45, 2.75) is 446 Å². The fourth-order valence-electron chi connectivity index (χ4n) is 12.7. The zero-order valence-electron chi connectivity index (χ0n) is 66.4. The zero-order valence-corrected chi connectivity index (χ0v) is 68.2. The van der Waals surface area contributed by atoms with Crippen molar-refractivity contribution in [3.63, 3.8) is 0 Å². The number of esters is 4. The van der Waals surface area contributed by atoms with Gasteiger partial charge in [-0.2, -0.15) is 0 Å². The van der Waals surface area contributed by atoms with Crippen LogP contribution in [0.2, 0.25) is 0 Å². The smallest absolute Gasteiger partial charge is 0.462 e. The van der Waals surface area contributed by atoms with Crippen LogP contribution in [0.1, 0.15) is 427 Å². The lowest BCUT2D eigenvalue weighted by atomic mass is 10.0. The molecule has 3 N–H and O–H groups in total. The summed E-state index contributed by atoms with van der Waals surface area (Å²) in [7, 11) is -9.92. The summed E-state index contributed by atoms with van der Waals surface area (Å²) in [5, 5.41) is 10.6. The Morgan fingerprint density at radius 2 is 0.455 bits per heavy atom. The lowest BCUT2D eigenvalue weighted by Crippen LogP contribution is -2.30. The van der Waals surface area contributed by atoms with Crippen molar-refractivity contribution in [3.8, 4) is 0 Å². The topological polar surface area (TPSA) is 237 Å². The molecule has 0 amide bonds. The number of ether oxygens (including phenoxy) is 4. The van der Waals surface area contributed by atoms with Crippen molar-refractivity contribution >= 4 is 39.5 Å². The molecule has 0 aromatic rings. The first kappa shape index (κ1) is 99.1. The Labute approximate surface area is 619 Å². The predicted octanol–water partition coefficient (Wildman–Crippen LogP) is 24.5. The summed E-state index contributed by atoms with van der Waals surface area (Å²) >= 11 is 0. The molecule has 600 valence electrons. The van der Waals surface area contributed by atoms with E-state index in [2.05, 4.69) is 48.5 Å². The average molecular weight is 1480 g/mol. The van der Waals surface area contributed by atoms with E-state index in [-0.39, 0.29) is 25.7 Å².